The molecule has 1 heterocycles. The van der Waals surface area contributed by atoms with E-state index < -0.39 is 10.7 Å². The third-order valence-electron chi connectivity index (χ3n) is 2.22. The van der Waals surface area contributed by atoms with Gasteiger partial charge in [0.2, 0.25) is 5.82 Å². The van der Waals surface area contributed by atoms with Crippen LogP contribution in [-0.2, 0) is 0 Å². The summed E-state index contributed by atoms with van der Waals surface area (Å²) in [7, 11) is 0. The quantitative estimate of drug-likeness (QED) is 0.524. The molecule has 0 bridgehead atoms. The van der Waals surface area contributed by atoms with E-state index in [-0.39, 0.29) is 27.4 Å². The van der Waals surface area contributed by atoms with Crippen molar-refractivity contribution in [2.75, 3.05) is 5.32 Å². The van der Waals surface area contributed by atoms with Gasteiger partial charge in [-0.05, 0) is 24.3 Å². The van der Waals surface area contributed by atoms with Gasteiger partial charge in [-0.1, -0.05) is 23.2 Å². The molecule has 0 amide bonds. The van der Waals surface area contributed by atoms with Gasteiger partial charge in [-0.3, -0.25) is 10.1 Å². The van der Waals surface area contributed by atoms with Crippen molar-refractivity contribution < 1.29 is 9.31 Å². The van der Waals surface area contributed by atoms with E-state index in [9.17, 15) is 14.5 Å². The van der Waals surface area contributed by atoms with Gasteiger partial charge >= 0.3 is 5.69 Å². The average Bonchev–Trinajstić information content (AvgIpc) is 2.32. The van der Waals surface area contributed by atoms with Gasteiger partial charge in [-0.15, -0.1) is 0 Å². The first-order valence-electron chi connectivity index (χ1n) is 5.00. The van der Waals surface area contributed by atoms with Crippen molar-refractivity contribution in [2.45, 2.75) is 0 Å². The fourth-order valence-electron chi connectivity index (χ4n) is 1.39. The summed E-state index contributed by atoms with van der Waals surface area (Å²) in [5.74, 6) is -0.790. The monoisotopic (exact) mass is 301 g/mol. The molecule has 1 aromatic carbocycles. The maximum absolute atomic E-state index is 13.6. The van der Waals surface area contributed by atoms with Crippen LogP contribution in [-0.4, -0.2) is 9.91 Å². The highest BCUT2D eigenvalue weighted by Gasteiger charge is 2.17. The molecule has 0 fully saturated rings. The summed E-state index contributed by atoms with van der Waals surface area (Å²) in [4.78, 5) is 14.0. The fraction of sp³-hybridized carbons (Fsp3) is 0. The van der Waals surface area contributed by atoms with E-state index in [0.29, 0.717) is 0 Å². The predicted octanol–water partition coefficient (Wildman–Crippen LogP) is 4.18. The van der Waals surface area contributed by atoms with Gasteiger partial charge in [0, 0.05) is 11.1 Å². The van der Waals surface area contributed by atoms with E-state index in [2.05, 4.69) is 10.3 Å². The maximum atomic E-state index is 13.6. The Morgan fingerprint density at radius 2 is 2.00 bits per heavy atom. The van der Waals surface area contributed by atoms with Gasteiger partial charge in [0.15, 0.2) is 0 Å². The van der Waals surface area contributed by atoms with Crippen molar-refractivity contribution >= 4 is 40.4 Å². The average molecular weight is 302 g/mol. The number of nitrogens with zero attached hydrogens (tertiary/aromatic N) is 2. The molecule has 1 N–H and O–H groups in total. The van der Waals surface area contributed by atoms with E-state index in [1.807, 2.05) is 0 Å². The molecule has 98 valence electrons. The maximum Gasteiger partial charge on any atom is 0.311 e. The minimum atomic E-state index is -0.649. The molecule has 2 rings (SSSR count). The Hall–Kier alpha value is -1.92. The second kappa shape index (κ2) is 5.38. The predicted molar refractivity (Wildman–Crippen MR) is 70.6 cm³/mol. The molecule has 0 atom stereocenters. The van der Waals surface area contributed by atoms with E-state index in [1.165, 1.54) is 24.3 Å². The lowest BCUT2D eigenvalue weighted by molar-refractivity contribution is -0.384. The second-order valence-electron chi connectivity index (χ2n) is 3.51. The Morgan fingerprint density at radius 3 is 2.63 bits per heavy atom. The molecule has 0 aliphatic heterocycles. The number of pyridine rings is 1. The van der Waals surface area contributed by atoms with Crippen molar-refractivity contribution in [3.05, 3.63) is 56.4 Å². The minimum absolute atomic E-state index is 0.0160. The van der Waals surface area contributed by atoms with Crippen LogP contribution in [0.3, 0.4) is 0 Å². The van der Waals surface area contributed by atoms with Crippen molar-refractivity contribution in [1.82, 2.24) is 4.98 Å². The Morgan fingerprint density at radius 1 is 1.26 bits per heavy atom. The summed E-state index contributed by atoms with van der Waals surface area (Å²) < 4.78 is 13.6. The standard InChI is InChI=1S/C11H6Cl2FN3O2/c12-6-1-2-8(7(14)5-6)15-11-9(17(18)19)3-4-10(13)16-11/h1-5H,(H,15,16). The third kappa shape index (κ3) is 3.10. The molecule has 8 heteroatoms. The van der Waals surface area contributed by atoms with E-state index in [0.717, 1.165) is 6.07 Å². The number of rotatable bonds is 3. The van der Waals surface area contributed by atoms with Crippen LogP contribution in [0.2, 0.25) is 10.2 Å². The number of hydrogen-bond acceptors (Lipinski definition) is 4. The number of hydrogen-bond donors (Lipinski definition) is 1. The van der Waals surface area contributed by atoms with Gasteiger partial charge in [0.05, 0.1) is 10.6 Å². The van der Waals surface area contributed by atoms with Gasteiger partial charge in [0.25, 0.3) is 0 Å². The van der Waals surface area contributed by atoms with E-state index >= 15 is 0 Å². The molecule has 0 spiro atoms. The molecule has 0 aliphatic rings. The minimum Gasteiger partial charge on any atom is -0.332 e. The first-order chi connectivity index (χ1) is 8.97. The molecule has 2 aromatic rings. The lowest BCUT2D eigenvalue weighted by atomic mass is 10.3. The largest absolute Gasteiger partial charge is 0.332 e. The smallest absolute Gasteiger partial charge is 0.311 e. The molecule has 1 aromatic heterocycles. The molecule has 5 nitrogen and oxygen atoms in total. The highest BCUT2D eigenvalue weighted by atomic mass is 35.5. The number of nitro groups is 1. The first kappa shape index (κ1) is 13.5. The lowest BCUT2D eigenvalue weighted by Gasteiger charge is -2.07. The van der Waals surface area contributed by atoms with Crippen LogP contribution in [0.4, 0.5) is 21.6 Å². The van der Waals surface area contributed by atoms with Gasteiger partial charge in [-0.2, -0.15) is 0 Å². The summed E-state index contributed by atoms with van der Waals surface area (Å²) >= 11 is 11.3. The van der Waals surface area contributed by atoms with Gasteiger partial charge in [0.1, 0.15) is 11.0 Å². The number of aromatic nitrogens is 1. The fourth-order valence-corrected chi connectivity index (χ4v) is 1.69. The van der Waals surface area contributed by atoms with Crippen LogP contribution >= 0.6 is 23.2 Å². The Labute approximate surface area is 117 Å². The zero-order chi connectivity index (χ0) is 14.0. The van der Waals surface area contributed by atoms with E-state index in [1.54, 1.807) is 0 Å². The summed E-state index contributed by atoms with van der Waals surface area (Å²) in [5, 5.41) is 13.6. The number of benzene rings is 1. The van der Waals surface area contributed by atoms with Crippen LogP contribution in [0.25, 0.3) is 0 Å². The second-order valence-corrected chi connectivity index (χ2v) is 4.33. The molecule has 0 saturated heterocycles. The SMILES string of the molecule is O=[N+]([O-])c1ccc(Cl)nc1Nc1ccc(Cl)cc1F. The number of nitrogens with one attached hydrogen (secondary N) is 1. The van der Waals surface area contributed by atoms with Gasteiger partial charge < -0.3 is 5.32 Å². The van der Waals surface area contributed by atoms with Crippen molar-refractivity contribution in [2.24, 2.45) is 0 Å². The van der Waals surface area contributed by atoms with Gasteiger partial charge in [-0.25, -0.2) is 9.37 Å². The summed E-state index contributed by atoms with van der Waals surface area (Å²) in [6.07, 6.45) is 0. The normalized spacial score (nSPS) is 10.3. The zero-order valence-electron chi connectivity index (χ0n) is 9.23. The van der Waals surface area contributed by atoms with E-state index in [4.69, 9.17) is 23.2 Å². The molecular formula is C11H6Cl2FN3O2. The molecule has 0 saturated carbocycles. The Bertz CT molecular complexity index is 652. The molecule has 0 radical (unpaired) electrons. The highest BCUT2D eigenvalue weighted by Crippen LogP contribution is 2.29. The van der Waals surface area contributed by atoms with Crippen molar-refractivity contribution in [1.29, 1.82) is 0 Å². The van der Waals surface area contributed by atoms with Crippen molar-refractivity contribution in [3.8, 4) is 0 Å². The van der Waals surface area contributed by atoms with Crippen LogP contribution in [0, 0.1) is 15.9 Å². The van der Waals surface area contributed by atoms with Crippen LogP contribution in [0.5, 0.6) is 0 Å². The molecule has 0 aliphatic carbocycles. The highest BCUT2D eigenvalue weighted by molar-refractivity contribution is 6.30. The number of halogens is 3. The lowest BCUT2D eigenvalue weighted by Crippen LogP contribution is -2.01. The summed E-state index contributed by atoms with van der Waals surface area (Å²) in [6, 6.07) is 6.35. The van der Waals surface area contributed by atoms with Crippen molar-refractivity contribution in [3.63, 3.8) is 0 Å². The summed E-state index contributed by atoms with van der Waals surface area (Å²) in [5.41, 5.74) is -0.291. The number of anilines is 2. The Kier molecular flexibility index (Phi) is 3.82. The zero-order valence-corrected chi connectivity index (χ0v) is 10.7. The topological polar surface area (TPSA) is 68.1 Å². The van der Waals surface area contributed by atoms with Crippen LogP contribution in [0.1, 0.15) is 0 Å². The van der Waals surface area contributed by atoms with Crippen LogP contribution < -0.4 is 5.32 Å². The third-order valence-corrected chi connectivity index (χ3v) is 2.67. The Balaban J connectivity index is 2.42. The molecular weight excluding hydrogens is 296 g/mol. The molecule has 0 unspecified atom stereocenters. The van der Waals surface area contributed by atoms with Crippen LogP contribution in [0.15, 0.2) is 30.3 Å². The summed E-state index contributed by atoms with van der Waals surface area (Å²) in [6.45, 7) is 0. The molecule has 19 heavy (non-hydrogen) atoms. The first-order valence-corrected chi connectivity index (χ1v) is 5.76.